The van der Waals surface area contributed by atoms with E-state index in [1.807, 2.05) is 19.2 Å². The lowest BCUT2D eigenvalue weighted by atomic mass is 9.93. The van der Waals surface area contributed by atoms with Gasteiger partial charge in [-0.2, -0.15) is 0 Å². The Balaban J connectivity index is 2.14. The number of rotatable bonds is 6. The summed E-state index contributed by atoms with van der Waals surface area (Å²) in [5.41, 5.74) is 1.48. The maximum atomic E-state index is 10.7. The Morgan fingerprint density at radius 1 is 1.38 bits per heavy atom. The Kier molecular flexibility index (Phi) is 5.88. The fourth-order valence-electron chi connectivity index (χ4n) is 2.77. The third-order valence-corrected chi connectivity index (χ3v) is 4.37. The molecule has 1 aliphatic rings. The number of benzene rings is 1. The van der Waals surface area contributed by atoms with E-state index in [4.69, 9.17) is 16.3 Å². The van der Waals surface area contributed by atoms with Gasteiger partial charge < -0.3 is 20.1 Å². The van der Waals surface area contributed by atoms with Gasteiger partial charge in [-0.1, -0.05) is 24.6 Å². The molecule has 0 aliphatic carbocycles. The van der Waals surface area contributed by atoms with Crippen LogP contribution in [-0.2, 0) is 11.3 Å². The molecule has 118 valence electrons. The van der Waals surface area contributed by atoms with Gasteiger partial charge in [0.2, 0.25) is 0 Å². The molecule has 2 N–H and O–H groups in total. The SMILES string of the molecule is CCNCc1c(Cl)cccc1N(C)CC1(O)CCOCC1. The summed E-state index contributed by atoms with van der Waals surface area (Å²) in [4.78, 5) is 2.10. The molecule has 1 saturated heterocycles. The molecule has 0 amide bonds. The molecule has 1 fully saturated rings. The predicted octanol–water partition coefficient (Wildman–Crippen LogP) is 2.43. The van der Waals surface area contributed by atoms with Crippen molar-refractivity contribution in [2.45, 2.75) is 31.9 Å². The van der Waals surface area contributed by atoms with E-state index in [0.29, 0.717) is 32.6 Å². The zero-order valence-electron chi connectivity index (χ0n) is 12.9. The molecule has 0 spiro atoms. The number of likely N-dealkylation sites (N-methyl/N-ethyl adjacent to an activating group) is 1. The highest BCUT2D eigenvalue weighted by Crippen LogP contribution is 2.29. The number of nitrogens with zero attached hydrogens (tertiary/aromatic N) is 1. The number of hydrogen-bond donors (Lipinski definition) is 2. The summed E-state index contributed by atoms with van der Waals surface area (Å²) in [7, 11) is 2.01. The van der Waals surface area contributed by atoms with E-state index in [1.165, 1.54) is 0 Å². The number of hydrogen-bond acceptors (Lipinski definition) is 4. The molecule has 4 nitrogen and oxygen atoms in total. The monoisotopic (exact) mass is 312 g/mol. The van der Waals surface area contributed by atoms with E-state index < -0.39 is 5.60 Å². The molecule has 1 aromatic rings. The van der Waals surface area contributed by atoms with E-state index in [1.54, 1.807) is 0 Å². The van der Waals surface area contributed by atoms with Crippen LogP contribution < -0.4 is 10.2 Å². The van der Waals surface area contributed by atoms with Crippen molar-refractivity contribution >= 4 is 17.3 Å². The zero-order chi connectivity index (χ0) is 15.3. The number of anilines is 1. The third-order valence-electron chi connectivity index (χ3n) is 4.01. The molecule has 21 heavy (non-hydrogen) atoms. The van der Waals surface area contributed by atoms with Crippen LogP contribution in [0.25, 0.3) is 0 Å². The van der Waals surface area contributed by atoms with Crippen LogP contribution in [-0.4, -0.2) is 44.1 Å². The van der Waals surface area contributed by atoms with E-state index in [0.717, 1.165) is 29.4 Å². The van der Waals surface area contributed by atoms with E-state index in [2.05, 4.69) is 23.2 Å². The third kappa shape index (κ3) is 4.33. The lowest BCUT2D eigenvalue weighted by molar-refractivity contribution is -0.0572. The van der Waals surface area contributed by atoms with Gasteiger partial charge in [-0.15, -0.1) is 0 Å². The fourth-order valence-corrected chi connectivity index (χ4v) is 3.00. The first-order valence-corrected chi connectivity index (χ1v) is 7.93. The molecule has 0 atom stereocenters. The largest absolute Gasteiger partial charge is 0.388 e. The molecular weight excluding hydrogens is 288 g/mol. The molecule has 2 rings (SSSR count). The topological polar surface area (TPSA) is 44.7 Å². The maximum absolute atomic E-state index is 10.7. The number of nitrogens with one attached hydrogen (secondary N) is 1. The Hall–Kier alpha value is -0.810. The highest BCUT2D eigenvalue weighted by Gasteiger charge is 2.31. The van der Waals surface area contributed by atoms with Crippen LogP contribution in [0.5, 0.6) is 0 Å². The average Bonchev–Trinajstić information content (AvgIpc) is 2.46. The second kappa shape index (κ2) is 7.45. The molecular formula is C16H25ClN2O2. The van der Waals surface area contributed by atoms with Gasteiger partial charge in [0.1, 0.15) is 0 Å². The second-order valence-corrected chi connectivity index (χ2v) is 6.12. The molecule has 0 unspecified atom stereocenters. The summed E-state index contributed by atoms with van der Waals surface area (Å²) in [5, 5.41) is 14.8. The van der Waals surface area contributed by atoms with Gasteiger partial charge >= 0.3 is 0 Å². The summed E-state index contributed by atoms with van der Waals surface area (Å²) in [6.07, 6.45) is 1.36. The highest BCUT2D eigenvalue weighted by molar-refractivity contribution is 6.31. The first kappa shape index (κ1) is 16.6. The molecule has 0 saturated carbocycles. The van der Waals surface area contributed by atoms with Crippen LogP contribution >= 0.6 is 11.6 Å². The van der Waals surface area contributed by atoms with Crippen molar-refractivity contribution in [3.8, 4) is 0 Å². The van der Waals surface area contributed by atoms with Crippen LogP contribution in [0.1, 0.15) is 25.3 Å². The normalized spacial score (nSPS) is 17.7. The Labute approximate surface area is 132 Å². The van der Waals surface area contributed by atoms with Gasteiger partial charge in [-0.25, -0.2) is 0 Å². The Bertz CT molecular complexity index is 462. The summed E-state index contributed by atoms with van der Waals surface area (Å²) in [6, 6.07) is 5.92. The lowest BCUT2D eigenvalue weighted by Crippen LogP contribution is -2.46. The summed E-state index contributed by atoms with van der Waals surface area (Å²) < 4.78 is 5.34. The Morgan fingerprint density at radius 2 is 2.10 bits per heavy atom. The molecule has 0 bridgehead atoms. The minimum absolute atomic E-state index is 0.593. The zero-order valence-corrected chi connectivity index (χ0v) is 13.6. The van der Waals surface area contributed by atoms with Crippen LogP contribution in [0.4, 0.5) is 5.69 Å². The van der Waals surface area contributed by atoms with Crippen LogP contribution in [0.3, 0.4) is 0 Å². The maximum Gasteiger partial charge on any atom is 0.0865 e. The summed E-state index contributed by atoms with van der Waals surface area (Å²) in [5.74, 6) is 0. The van der Waals surface area contributed by atoms with Crippen molar-refractivity contribution in [3.63, 3.8) is 0 Å². The van der Waals surface area contributed by atoms with E-state index >= 15 is 0 Å². The van der Waals surface area contributed by atoms with Gasteiger partial charge in [0.15, 0.2) is 0 Å². The number of aliphatic hydroxyl groups is 1. The Morgan fingerprint density at radius 3 is 2.76 bits per heavy atom. The lowest BCUT2D eigenvalue weighted by Gasteiger charge is -2.37. The van der Waals surface area contributed by atoms with Crippen molar-refractivity contribution in [2.24, 2.45) is 0 Å². The quantitative estimate of drug-likeness (QED) is 0.847. The number of halogens is 1. The standard InChI is InChI=1S/C16H25ClN2O2/c1-3-18-11-13-14(17)5-4-6-15(13)19(2)12-16(20)7-9-21-10-8-16/h4-6,18,20H,3,7-12H2,1-2H3. The van der Waals surface area contributed by atoms with Crippen LogP contribution in [0, 0.1) is 0 Å². The van der Waals surface area contributed by atoms with Crippen molar-refractivity contribution in [2.75, 3.05) is 38.3 Å². The average molecular weight is 313 g/mol. The molecule has 1 heterocycles. The number of ether oxygens (including phenoxy) is 1. The summed E-state index contributed by atoms with van der Waals surface area (Å²) in [6.45, 7) is 5.56. The van der Waals surface area contributed by atoms with Crippen molar-refractivity contribution in [1.29, 1.82) is 0 Å². The van der Waals surface area contributed by atoms with Crippen molar-refractivity contribution < 1.29 is 9.84 Å². The minimum atomic E-state index is -0.676. The molecule has 0 aromatic heterocycles. The minimum Gasteiger partial charge on any atom is -0.388 e. The van der Waals surface area contributed by atoms with Crippen LogP contribution in [0.2, 0.25) is 5.02 Å². The van der Waals surface area contributed by atoms with Gasteiger partial charge in [-0.05, 0) is 18.7 Å². The van der Waals surface area contributed by atoms with Crippen molar-refractivity contribution in [1.82, 2.24) is 5.32 Å². The smallest absolute Gasteiger partial charge is 0.0865 e. The predicted molar refractivity (Wildman–Crippen MR) is 87.1 cm³/mol. The van der Waals surface area contributed by atoms with Gasteiger partial charge in [-0.3, -0.25) is 0 Å². The van der Waals surface area contributed by atoms with Gasteiger partial charge in [0.05, 0.1) is 5.60 Å². The molecule has 1 aliphatic heterocycles. The van der Waals surface area contributed by atoms with Crippen LogP contribution in [0.15, 0.2) is 18.2 Å². The van der Waals surface area contributed by atoms with Gasteiger partial charge in [0, 0.05) is 62.5 Å². The molecule has 0 radical (unpaired) electrons. The van der Waals surface area contributed by atoms with Crippen molar-refractivity contribution in [3.05, 3.63) is 28.8 Å². The summed E-state index contributed by atoms with van der Waals surface area (Å²) >= 11 is 6.34. The van der Waals surface area contributed by atoms with E-state index in [-0.39, 0.29) is 0 Å². The van der Waals surface area contributed by atoms with Gasteiger partial charge in [0.25, 0.3) is 0 Å². The highest BCUT2D eigenvalue weighted by atomic mass is 35.5. The fraction of sp³-hybridized carbons (Fsp3) is 0.625. The van der Waals surface area contributed by atoms with E-state index in [9.17, 15) is 5.11 Å². The first-order chi connectivity index (χ1) is 10.1. The molecule has 1 aromatic carbocycles. The molecule has 5 heteroatoms. The first-order valence-electron chi connectivity index (χ1n) is 7.55. The second-order valence-electron chi connectivity index (χ2n) is 5.71.